The van der Waals surface area contributed by atoms with Crippen LogP contribution in [0.25, 0.3) is 32.1 Å². The number of hydrogen-bond acceptors (Lipinski definition) is 2. The maximum absolute atomic E-state index is 13.5. The average Bonchev–Trinajstić information content (AvgIpc) is 3.00. The van der Waals surface area contributed by atoms with Gasteiger partial charge in [0.25, 0.3) is 0 Å². The Kier molecular flexibility index (Phi) is 5.40. The van der Waals surface area contributed by atoms with Gasteiger partial charge in [-0.1, -0.05) is 58.9 Å². The molecule has 4 rings (SSSR count). The second-order valence-corrected chi connectivity index (χ2v) is 11.3. The van der Waals surface area contributed by atoms with Crippen molar-refractivity contribution in [3.63, 3.8) is 0 Å². The minimum absolute atomic E-state index is 0.0356. The van der Waals surface area contributed by atoms with Gasteiger partial charge in [-0.25, -0.2) is 0 Å². The zero-order chi connectivity index (χ0) is 23.5. The number of rotatable bonds is 3. The summed E-state index contributed by atoms with van der Waals surface area (Å²) in [6.45, 7) is 11.0. The summed E-state index contributed by atoms with van der Waals surface area (Å²) >= 11 is 1.44. The molecule has 4 aromatic rings. The molecule has 2 heterocycles. The van der Waals surface area contributed by atoms with E-state index in [0.717, 1.165) is 37.2 Å². The molecule has 2 aromatic heterocycles. The van der Waals surface area contributed by atoms with Crippen LogP contribution in [0.3, 0.4) is 0 Å². The molecule has 0 unspecified atom stereocenters. The summed E-state index contributed by atoms with van der Waals surface area (Å²) in [6.07, 6.45) is -2.52. The zero-order valence-electron chi connectivity index (χ0n) is 19.3. The Labute approximate surface area is 191 Å². The van der Waals surface area contributed by atoms with E-state index in [-0.39, 0.29) is 11.8 Å². The number of aryl methyl sites for hydroxylation is 1. The molecule has 0 aliphatic carbocycles. The van der Waals surface area contributed by atoms with Crippen LogP contribution in [-0.2, 0) is 11.8 Å². The van der Waals surface area contributed by atoms with Crippen LogP contribution in [0.15, 0.2) is 48.7 Å². The molecule has 0 spiro atoms. The highest BCUT2D eigenvalue weighted by atomic mass is 32.1. The minimum Gasteiger partial charge on any atom is -0.255 e. The van der Waals surface area contributed by atoms with Gasteiger partial charge < -0.3 is 0 Å². The van der Waals surface area contributed by atoms with Crippen molar-refractivity contribution in [3.8, 4) is 11.3 Å². The standard InChI is InChI=1S/C27H28F3NS/c1-16-19-11-12-31-23(24(19)32-22(16)15-26(5,6)27(28,29)30)18-13-17-9-7-8-10-20(17)21(14-18)25(2,3)4/h7-14H,15H2,1-6H3. The molecule has 0 saturated carbocycles. The van der Waals surface area contributed by atoms with Crippen molar-refractivity contribution < 1.29 is 13.2 Å². The number of fused-ring (bicyclic) bond motifs is 2. The number of benzene rings is 2. The predicted octanol–water partition coefficient (Wildman–Crippen LogP) is 8.85. The summed E-state index contributed by atoms with van der Waals surface area (Å²) in [4.78, 5) is 5.47. The first-order valence-electron chi connectivity index (χ1n) is 10.8. The smallest absolute Gasteiger partial charge is 0.255 e. The third-order valence-corrected chi connectivity index (χ3v) is 7.58. The Hall–Kier alpha value is -2.40. The number of pyridine rings is 1. The summed E-state index contributed by atoms with van der Waals surface area (Å²) in [6, 6.07) is 14.6. The van der Waals surface area contributed by atoms with Crippen molar-refractivity contribution in [2.24, 2.45) is 5.41 Å². The minimum atomic E-state index is -4.25. The van der Waals surface area contributed by atoms with Gasteiger partial charge >= 0.3 is 6.18 Å². The van der Waals surface area contributed by atoms with Crippen molar-refractivity contribution in [2.45, 2.75) is 59.6 Å². The average molecular weight is 456 g/mol. The van der Waals surface area contributed by atoms with Gasteiger partial charge in [-0.2, -0.15) is 13.2 Å². The number of aromatic nitrogens is 1. The maximum atomic E-state index is 13.5. The molecule has 1 nitrogen and oxygen atoms in total. The predicted molar refractivity (Wildman–Crippen MR) is 130 cm³/mol. The second kappa shape index (κ2) is 7.58. The van der Waals surface area contributed by atoms with Crippen molar-refractivity contribution in [1.29, 1.82) is 0 Å². The highest BCUT2D eigenvalue weighted by Gasteiger charge is 2.47. The summed E-state index contributed by atoms with van der Waals surface area (Å²) in [5.74, 6) is 0. The topological polar surface area (TPSA) is 12.9 Å². The molecule has 0 radical (unpaired) electrons. The van der Waals surface area contributed by atoms with Crippen LogP contribution >= 0.6 is 11.3 Å². The van der Waals surface area contributed by atoms with Gasteiger partial charge in [0.1, 0.15) is 0 Å². The Morgan fingerprint density at radius 3 is 2.25 bits per heavy atom. The van der Waals surface area contributed by atoms with E-state index in [1.165, 1.54) is 36.1 Å². The van der Waals surface area contributed by atoms with Crippen LogP contribution in [0.4, 0.5) is 13.2 Å². The maximum Gasteiger partial charge on any atom is 0.394 e. The third-order valence-electron chi connectivity index (χ3n) is 6.27. The Balaban J connectivity index is 1.92. The molecule has 32 heavy (non-hydrogen) atoms. The molecule has 0 saturated heterocycles. The first-order chi connectivity index (χ1) is 14.8. The molecule has 0 bridgehead atoms. The highest BCUT2D eigenvalue weighted by Crippen LogP contribution is 2.45. The largest absolute Gasteiger partial charge is 0.394 e. The lowest BCUT2D eigenvalue weighted by Gasteiger charge is -2.27. The Bertz CT molecular complexity index is 1310. The monoisotopic (exact) mass is 455 g/mol. The van der Waals surface area contributed by atoms with Crippen molar-refractivity contribution in [2.75, 3.05) is 0 Å². The summed E-state index contributed by atoms with van der Waals surface area (Å²) in [5.41, 5.74) is 2.15. The van der Waals surface area contributed by atoms with E-state index in [1.54, 1.807) is 6.20 Å². The van der Waals surface area contributed by atoms with Crippen LogP contribution in [0.5, 0.6) is 0 Å². The molecule has 0 N–H and O–H groups in total. The molecule has 0 aliphatic heterocycles. The SMILES string of the molecule is Cc1c(CC(C)(C)C(F)(F)F)sc2c(-c3cc(C(C)(C)C)c4ccccc4c3)nccc12. The zero-order valence-corrected chi connectivity index (χ0v) is 20.1. The molecule has 5 heteroatoms. The quantitative estimate of drug-likeness (QED) is 0.301. The van der Waals surface area contributed by atoms with E-state index in [1.807, 2.05) is 25.1 Å². The van der Waals surface area contributed by atoms with Crippen LogP contribution in [0, 0.1) is 12.3 Å². The van der Waals surface area contributed by atoms with Gasteiger partial charge in [0.05, 0.1) is 15.8 Å². The number of hydrogen-bond donors (Lipinski definition) is 0. The van der Waals surface area contributed by atoms with Crippen LogP contribution in [0.2, 0.25) is 0 Å². The number of halogens is 3. The summed E-state index contributed by atoms with van der Waals surface area (Å²) < 4.78 is 41.6. The van der Waals surface area contributed by atoms with E-state index < -0.39 is 11.6 Å². The summed E-state index contributed by atoms with van der Waals surface area (Å²) in [5, 5.41) is 3.34. The van der Waals surface area contributed by atoms with Crippen LogP contribution in [-0.4, -0.2) is 11.2 Å². The first kappa shape index (κ1) is 22.8. The fourth-order valence-electron chi connectivity index (χ4n) is 4.14. The number of alkyl halides is 3. The van der Waals surface area contributed by atoms with Gasteiger partial charge in [0.2, 0.25) is 0 Å². The lowest BCUT2D eigenvalue weighted by Crippen LogP contribution is -2.34. The van der Waals surface area contributed by atoms with Gasteiger partial charge in [-0.15, -0.1) is 11.3 Å². The van der Waals surface area contributed by atoms with Gasteiger partial charge in [0.15, 0.2) is 0 Å². The third kappa shape index (κ3) is 3.92. The Morgan fingerprint density at radius 2 is 1.59 bits per heavy atom. The molecular weight excluding hydrogens is 427 g/mol. The molecule has 0 atom stereocenters. The van der Waals surface area contributed by atoms with E-state index in [9.17, 15) is 13.2 Å². The Morgan fingerprint density at radius 1 is 0.906 bits per heavy atom. The van der Waals surface area contributed by atoms with E-state index in [0.29, 0.717) is 0 Å². The van der Waals surface area contributed by atoms with Crippen LogP contribution < -0.4 is 0 Å². The molecule has 168 valence electrons. The van der Waals surface area contributed by atoms with Crippen molar-refractivity contribution in [1.82, 2.24) is 4.98 Å². The normalized spacial score (nSPS) is 13.3. The fraction of sp³-hybridized carbons (Fsp3) is 0.370. The lowest BCUT2D eigenvalue weighted by atomic mass is 9.82. The van der Waals surface area contributed by atoms with Gasteiger partial charge in [-0.3, -0.25) is 4.98 Å². The molecule has 0 amide bonds. The molecule has 2 aromatic carbocycles. The lowest BCUT2D eigenvalue weighted by molar-refractivity contribution is -0.210. The van der Waals surface area contributed by atoms with Crippen molar-refractivity contribution in [3.05, 3.63) is 64.7 Å². The molecular formula is C27H28F3NS. The number of nitrogens with zero attached hydrogens (tertiary/aromatic N) is 1. The second-order valence-electron chi connectivity index (χ2n) is 10.2. The number of thiophene rings is 1. The van der Waals surface area contributed by atoms with E-state index in [4.69, 9.17) is 4.98 Å². The van der Waals surface area contributed by atoms with E-state index >= 15 is 0 Å². The van der Waals surface area contributed by atoms with Gasteiger partial charge in [0, 0.05) is 16.6 Å². The highest BCUT2D eigenvalue weighted by molar-refractivity contribution is 7.19. The molecule has 0 aliphatic rings. The first-order valence-corrected chi connectivity index (χ1v) is 11.6. The summed E-state index contributed by atoms with van der Waals surface area (Å²) in [7, 11) is 0. The van der Waals surface area contributed by atoms with E-state index in [2.05, 4.69) is 45.0 Å². The fourth-order valence-corrected chi connectivity index (χ4v) is 5.68. The van der Waals surface area contributed by atoms with Crippen molar-refractivity contribution >= 4 is 32.2 Å². The molecule has 0 fully saturated rings. The van der Waals surface area contributed by atoms with Gasteiger partial charge in [-0.05, 0) is 64.2 Å². The van der Waals surface area contributed by atoms with Crippen LogP contribution in [0.1, 0.15) is 50.6 Å².